The number of rotatable bonds is 7. The van der Waals surface area contributed by atoms with Crippen molar-refractivity contribution < 1.29 is 9.53 Å². The SMILES string of the molecule is N#C/C(=C\C1C=C1)C(=O)N1CCCC1Cn1nc(C2C=CC(Oc3ccccc3)=CC2)c2c(N)ncnc21. The van der Waals surface area contributed by atoms with Gasteiger partial charge in [-0.05, 0) is 43.5 Å². The van der Waals surface area contributed by atoms with Crippen LogP contribution in [0.4, 0.5) is 5.82 Å². The van der Waals surface area contributed by atoms with Crippen LogP contribution in [-0.4, -0.2) is 43.1 Å². The molecule has 6 rings (SSSR count). The molecule has 3 heterocycles. The summed E-state index contributed by atoms with van der Waals surface area (Å²) in [6.45, 7) is 1.08. The number of nitriles is 1. The van der Waals surface area contributed by atoms with Crippen LogP contribution in [0.1, 0.15) is 30.9 Å². The molecule has 2 unspecified atom stereocenters. The first-order valence-electron chi connectivity index (χ1n) is 12.8. The van der Waals surface area contributed by atoms with E-state index in [9.17, 15) is 10.1 Å². The van der Waals surface area contributed by atoms with Crippen LogP contribution in [0.25, 0.3) is 11.0 Å². The summed E-state index contributed by atoms with van der Waals surface area (Å²) in [6, 6.07) is 11.7. The molecule has 1 aliphatic heterocycles. The number of fused-ring (bicyclic) bond motifs is 1. The van der Waals surface area contributed by atoms with Gasteiger partial charge in [0.2, 0.25) is 0 Å². The molecule has 2 aromatic heterocycles. The van der Waals surface area contributed by atoms with Crippen molar-refractivity contribution in [3.63, 3.8) is 0 Å². The van der Waals surface area contributed by atoms with Gasteiger partial charge in [-0.15, -0.1) is 0 Å². The number of hydrogen-bond acceptors (Lipinski definition) is 7. The predicted octanol–water partition coefficient (Wildman–Crippen LogP) is 4.04. The number of para-hydroxylation sites is 1. The van der Waals surface area contributed by atoms with E-state index in [4.69, 9.17) is 15.6 Å². The van der Waals surface area contributed by atoms with Gasteiger partial charge in [0.1, 0.15) is 35.3 Å². The summed E-state index contributed by atoms with van der Waals surface area (Å²) >= 11 is 0. The van der Waals surface area contributed by atoms with E-state index in [2.05, 4.69) is 22.1 Å². The first kappa shape index (κ1) is 23.7. The fourth-order valence-electron chi connectivity index (χ4n) is 5.12. The predicted molar refractivity (Wildman–Crippen MR) is 142 cm³/mol. The van der Waals surface area contributed by atoms with Crippen molar-refractivity contribution in [1.29, 1.82) is 5.26 Å². The van der Waals surface area contributed by atoms with Crippen LogP contribution in [0.2, 0.25) is 0 Å². The summed E-state index contributed by atoms with van der Waals surface area (Å²) in [5.41, 5.74) is 7.96. The Labute approximate surface area is 220 Å². The van der Waals surface area contributed by atoms with Gasteiger partial charge in [-0.2, -0.15) is 10.4 Å². The van der Waals surface area contributed by atoms with Crippen molar-refractivity contribution in [1.82, 2.24) is 24.6 Å². The number of hydrogen-bond donors (Lipinski definition) is 1. The maximum atomic E-state index is 13.2. The van der Waals surface area contributed by atoms with Crippen LogP contribution < -0.4 is 10.5 Å². The van der Waals surface area contributed by atoms with Gasteiger partial charge in [-0.3, -0.25) is 4.79 Å². The molecule has 2 atom stereocenters. The second-order valence-corrected chi connectivity index (χ2v) is 9.70. The van der Waals surface area contributed by atoms with Gasteiger partial charge in [-0.25, -0.2) is 14.6 Å². The second kappa shape index (κ2) is 9.98. The largest absolute Gasteiger partial charge is 0.458 e. The number of nitrogens with two attached hydrogens (primary N) is 1. The zero-order valence-corrected chi connectivity index (χ0v) is 20.8. The van der Waals surface area contributed by atoms with Crippen LogP contribution in [0.5, 0.6) is 5.75 Å². The third-order valence-corrected chi connectivity index (χ3v) is 7.13. The molecule has 0 radical (unpaired) electrons. The van der Waals surface area contributed by atoms with Crippen molar-refractivity contribution in [2.45, 2.75) is 37.8 Å². The zero-order valence-electron chi connectivity index (χ0n) is 20.8. The number of nitrogens with zero attached hydrogens (tertiary/aromatic N) is 6. The molecule has 1 saturated heterocycles. The molecule has 0 bridgehead atoms. The smallest absolute Gasteiger partial charge is 0.264 e. The molecule has 38 heavy (non-hydrogen) atoms. The minimum absolute atomic E-state index is 0.0179. The Morgan fingerprint density at radius 3 is 2.79 bits per heavy atom. The number of allylic oxidation sites excluding steroid dienone is 6. The van der Waals surface area contributed by atoms with Crippen molar-refractivity contribution in [3.8, 4) is 11.8 Å². The summed E-state index contributed by atoms with van der Waals surface area (Å²) in [6.07, 6.45) is 15.5. The van der Waals surface area contributed by atoms with Crippen molar-refractivity contribution in [3.05, 3.63) is 90.1 Å². The Hall–Kier alpha value is -4.71. The number of anilines is 1. The number of aromatic nitrogens is 4. The molecule has 1 fully saturated rings. The third kappa shape index (κ3) is 4.68. The fraction of sp³-hybridized carbons (Fsp3) is 0.276. The van der Waals surface area contributed by atoms with Gasteiger partial charge in [-0.1, -0.05) is 42.5 Å². The Morgan fingerprint density at radius 2 is 2.05 bits per heavy atom. The highest BCUT2D eigenvalue weighted by atomic mass is 16.5. The standard InChI is InChI=1S/C29H27N7O2/c30-16-21(15-19-8-9-19)29(37)35-14-4-5-22(35)17-36-28-25(27(31)32-18-33-28)26(34-36)20-10-12-24(13-11-20)38-23-6-2-1-3-7-23/h1-3,6-10,12-13,15,18-20,22H,4-5,11,14,17H2,(H2,31,32,33)/b21-15+. The molecule has 3 aromatic rings. The highest BCUT2D eigenvalue weighted by Gasteiger charge is 2.33. The number of nitrogen functional groups attached to an aromatic ring is 1. The molecule has 0 saturated carbocycles. The summed E-state index contributed by atoms with van der Waals surface area (Å²) in [7, 11) is 0. The van der Waals surface area contributed by atoms with Crippen molar-refractivity contribution in [2.75, 3.05) is 12.3 Å². The molecule has 9 heteroatoms. The number of likely N-dealkylation sites (tertiary alicyclic amines) is 1. The van der Waals surface area contributed by atoms with E-state index in [0.717, 1.165) is 35.4 Å². The van der Waals surface area contributed by atoms with E-state index < -0.39 is 0 Å². The Bertz CT molecular complexity index is 1540. The molecule has 0 spiro atoms. The first-order chi connectivity index (χ1) is 18.6. The average Bonchev–Trinajstić information content (AvgIpc) is 3.52. The summed E-state index contributed by atoms with van der Waals surface area (Å²) < 4.78 is 7.80. The average molecular weight is 506 g/mol. The van der Waals surface area contributed by atoms with E-state index in [1.54, 1.807) is 11.0 Å². The van der Waals surface area contributed by atoms with E-state index >= 15 is 0 Å². The lowest BCUT2D eigenvalue weighted by Crippen LogP contribution is -2.39. The Balaban J connectivity index is 1.24. The quantitative estimate of drug-likeness (QED) is 0.292. The van der Waals surface area contributed by atoms with E-state index in [1.165, 1.54) is 6.33 Å². The van der Waals surface area contributed by atoms with Crippen LogP contribution in [0, 0.1) is 17.2 Å². The van der Waals surface area contributed by atoms with Crippen LogP contribution in [0.15, 0.2) is 84.4 Å². The minimum atomic E-state index is -0.221. The molecule has 2 N–H and O–H groups in total. The monoisotopic (exact) mass is 505 g/mol. The number of benzene rings is 1. The molecule has 1 amide bonds. The number of ether oxygens (including phenoxy) is 1. The van der Waals surface area contributed by atoms with Crippen molar-refractivity contribution >= 4 is 22.8 Å². The van der Waals surface area contributed by atoms with Gasteiger partial charge in [0, 0.05) is 18.4 Å². The lowest BCUT2D eigenvalue weighted by molar-refractivity contribution is -0.127. The molecule has 2 aliphatic carbocycles. The summed E-state index contributed by atoms with van der Waals surface area (Å²) in [5.74, 6) is 1.82. The van der Waals surface area contributed by atoms with E-state index in [-0.39, 0.29) is 29.4 Å². The minimum Gasteiger partial charge on any atom is -0.458 e. The molecular weight excluding hydrogens is 478 g/mol. The fourth-order valence-corrected chi connectivity index (χ4v) is 5.12. The maximum Gasteiger partial charge on any atom is 0.264 e. The highest BCUT2D eigenvalue weighted by Crippen LogP contribution is 2.34. The number of carbonyl (C=O) groups is 1. The zero-order chi connectivity index (χ0) is 26.1. The molecule has 9 nitrogen and oxygen atoms in total. The third-order valence-electron chi connectivity index (χ3n) is 7.13. The molecule has 1 aromatic carbocycles. The Kier molecular flexibility index (Phi) is 6.22. The molecule has 190 valence electrons. The summed E-state index contributed by atoms with van der Waals surface area (Å²) in [5, 5.41) is 15.2. The van der Waals surface area contributed by atoms with Crippen molar-refractivity contribution in [2.24, 2.45) is 5.92 Å². The van der Waals surface area contributed by atoms with Gasteiger partial charge in [0.05, 0.1) is 23.7 Å². The van der Waals surface area contributed by atoms with Gasteiger partial charge < -0.3 is 15.4 Å². The van der Waals surface area contributed by atoms with Gasteiger partial charge in [0.15, 0.2) is 5.65 Å². The van der Waals surface area contributed by atoms with E-state index in [0.29, 0.717) is 31.0 Å². The maximum absolute atomic E-state index is 13.2. The molecular formula is C29H27N7O2. The lowest BCUT2D eigenvalue weighted by Gasteiger charge is -2.24. The summed E-state index contributed by atoms with van der Waals surface area (Å²) in [4.78, 5) is 23.7. The van der Waals surface area contributed by atoms with Crippen LogP contribution >= 0.6 is 0 Å². The molecule has 3 aliphatic rings. The highest BCUT2D eigenvalue weighted by molar-refractivity contribution is 5.97. The Morgan fingerprint density at radius 1 is 1.21 bits per heavy atom. The lowest BCUT2D eigenvalue weighted by atomic mass is 9.95. The number of amides is 1. The van der Waals surface area contributed by atoms with Gasteiger partial charge in [0.25, 0.3) is 5.91 Å². The topological polar surface area (TPSA) is 123 Å². The normalized spacial score (nSPS) is 21.0. The number of carbonyl (C=O) groups excluding carboxylic acids is 1. The van der Waals surface area contributed by atoms with E-state index in [1.807, 2.05) is 59.3 Å². The van der Waals surface area contributed by atoms with Crippen LogP contribution in [-0.2, 0) is 11.3 Å². The second-order valence-electron chi connectivity index (χ2n) is 9.70. The van der Waals surface area contributed by atoms with Crippen LogP contribution in [0.3, 0.4) is 0 Å². The van der Waals surface area contributed by atoms with Gasteiger partial charge >= 0.3 is 0 Å². The first-order valence-corrected chi connectivity index (χ1v) is 12.8.